The monoisotopic (exact) mass is 256 g/mol. The number of hydrogen-bond donors (Lipinski definition) is 1. The Morgan fingerprint density at radius 2 is 2.46 bits per heavy atom. The summed E-state index contributed by atoms with van der Waals surface area (Å²) in [5.41, 5.74) is 0. The summed E-state index contributed by atoms with van der Waals surface area (Å²) in [4.78, 5) is 1.31. The Bertz CT molecular complexity index is 342. The minimum absolute atomic E-state index is 0.144. The van der Waals surface area contributed by atoms with Crippen molar-refractivity contribution < 1.29 is 0 Å². The van der Waals surface area contributed by atoms with E-state index in [-0.39, 0.29) is 5.92 Å². The molecule has 2 rings (SSSR count). The number of nitrogens with zero attached hydrogens (tertiary/aromatic N) is 1. The molecular formula is C9H9BrN2S. The van der Waals surface area contributed by atoms with Gasteiger partial charge < -0.3 is 5.32 Å². The second kappa shape index (κ2) is 3.79. The van der Waals surface area contributed by atoms with Crippen molar-refractivity contribution in [3.63, 3.8) is 0 Å². The van der Waals surface area contributed by atoms with Crippen LogP contribution in [0.3, 0.4) is 0 Å². The highest BCUT2D eigenvalue weighted by molar-refractivity contribution is 9.10. The highest BCUT2D eigenvalue weighted by atomic mass is 79.9. The van der Waals surface area contributed by atoms with Crippen molar-refractivity contribution >= 4 is 27.3 Å². The first-order valence-corrected chi connectivity index (χ1v) is 5.83. The topological polar surface area (TPSA) is 35.8 Å². The predicted molar refractivity (Wildman–Crippen MR) is 56.7 cm³/mol. The lowest BCUT2D eigenvalue weighted by atomic mass is 9.96. The van der Waals surface area contributed by atoms with Gasteiger partial charge in [0.1, 0.15) is 0 Å². The van der Waals surface area contributed by atoms with E-state index in [1.165, 1.54) is 4.88 Å². The number of nitrogens with one attached hydrogen (secondary N) is 1. The fraction of sp³-hybridized carbons (Fsp3) is 0.444. The van der Waals surface area contributed by atoms with Gasteiger partial charge in [-0.25, -0.2) is 0 Å². The summed E-state index contributed by atoms with van der Waals surface area (Å²) in [6, 6.07) is 4.47. The van der Waals surface area contributed by atoms with Crippen LogP contribution in [0.2, 0.25) is 0 Å². The predicted octanol–water partition coefficient (Wildman–Crippen LogP) is 2.34. The third kappa shape index (κ3) is 1.78. The number of hydrogen-bond acceptors (Lipinski definition) is 3. The van der Waals surface area contributed by atoms with E-state index in [0.29, 0.717) is 5.92 Å². The third-order valence-electron chi connectivity index (χ3n) is 2.33. The van der Waals surface area contributed by atoms with Gasteiger partial charge in [0, 0.05) is 33.7 Å². The molecule has 0 aliphatic carbocycles. The number of rotatable bonds is 1. The Labute approximate surface area is 89.7 Å². The van der Waals surface area contributed by atoms with Crippen molar-refractivity contribution in [1.29, 1.82) is 5.26 Å². The molecule has 1 saturated heterocycles. The van der Waals surface area contributed by atoms with Gasteiger partial charge in [-0.1, -0.05) is 0 Å². The number of thiophene rings is 1. The Morgan fingerprint density at radius 3 is 3.08 bits per heavy atom. The lowest BCUT2D eigenvalue weighted by molar-refractivity contribution is 0.656. The fourth-order valence-electron chi connectivity index (χ4n) is 1.64. The van der Waals surface area contributed by atoms with Gasteiger partial charge in [-0.3, -0.25) is 0 Å². The first-order valence-electron chi connectivity index (χ1n) is 4.15. The summed E-state index contributed by atoms with van der Waals surface area (Å²) in [5, 5.41) is 14.2. The second-order valence-electron chi connectivity index (χ2n) is 3.17. The molecule has 0 unspecified atom stereocenters. The van der Waals surface area contributed by atoms with E-state index in [1.807, 2.05) is 0 Å². The normalized spacial score (nSPS) is 27.4. The molecule has 2 nitrogen and oxygen atoms in total. The van der Waals surface area contributed by atoms with E-state index in [1.54, 1.807) is 11.3 Å². The zero-order chi connectivity index (χ0) is 9.26. The number of halogens is 1. The molecule has 1 aromatic heterocycles. The van der Waals surface area contributed by atoms with Gasteiger partial charge >= 0.3 is 0 Å². The van der Waals surface area contributed by atoms with Crippen LogP contribution in [-0.4, -0.2) is 13.1 Å². The van der Waals surface area contributed by atoms with E-state index in [9.17, 15) is 0 Å². The van der Waals surface area contributed by atoms with Crippen molar-refractivity contribution in [1.82, 2.24) is 5.32 Å². The van der Waals surface area contributed by atoms with Crippen LogP contribution < -0.4 is 5.32 Å². The smallest absolute Gasteiger partial charge is 0.0676 e. The van der Waals surface area contributed by atoms with Gasteiger partial charge in [0.25, 0.3) is 0 Å². The third-order valence-corrected chi connectivity index (χ3v) is 4.16. The molecular weight excluding hydrogens is 248 g/mol. The summed E-state index contributed by atoms with van der Waals surface area (Å²) >= 11 is 5.16. The minimum Gasteiger partial charge on any atom is -0.315 e. The Kier molecular flexibility index (Phi) is 2.68. The molecule has 1 aliphatic heterocycles. The molecule has 1 aromatic rings. The van der Waals surface area contributed by atoms with Gasteiger partial charge in [0.05, 0.1) is 12.0 Å². The summed E-state index contributed by atoms with van der Waals surface area (Å²) in [6.45, 7) is 1.77. The summed E-state index contributed by atoms with van der Waals surface area (Å²) in [5.74, 6) is 0.534. The van der Waals surface area contributed by atoms with E-state index in [0.717, 1.165) is 17.6 Å². The molecule has 0 radical (unpaired) electrons. The highest BCUT2D eigenvalue weighted by Crippen LogP contribution is 2.33. The summed E-state index contributed by atoms with van der Waals surface area (Å²) in [6.07, 6.45) is 0. The standard InChI is InChI=1S/C9H9BrN2S/c10-7-1-9(13-5-7)8-4-12-3-6(8)2-11/h1,5-6,8,12H,3-4H2/t6-,8+/m1/s1. The van der Waals surface area contributed by atoms with Crippen LogP contribution in [0.5, 0.6) is 0 Å². The van der Waals surface area contributed by atoms with Gasteiger partial charge in [-0.2, -0.15) is 5.26 Å². The average molecular weight is 257 g/mol. The minimum atomic E-state index is 0.144. The molecule has 13 heavy (non-hydrogen) atoms. The van der Waals surface area contributed by atoms with Crippen molar-refractivity contribution in [3.05, 3.63) is 20.8 Å². The van der Waals surface area contributed by atoms with Crippen molar-refractivity contribution in [2.75, 3.05) is 13.1 Å². The Hall–Kier alpha value is -0.370. The van der Waals surface area contributed by atoms with E-state index < -0.39 is 0 Å². The molecule has 1 N–H and O–H groups in total. The van der Waals surface area contributed by atoms with E-state index in [2.05, 4.69) is 38.8 Å². The highest BCUT2D eigenvalue weighted by Gasteiger charge is 2.29. The molecule has 1 aliphatic rings. The van der Waals surface area contributed by atoms with Crippen LogP contribution in [0.1, 0.15) is 10.8 Å². The van der Waals surface area contributed by atoms with Crippen LogP contribution >= 0.6 is 27.3 Å². The van der Waals surface area contributed by atoms with Gasteiger partial charge in [-0.15, -0.1) is 11.3 Å². The molecule has 2 heterocycles. The van der Waals surface area contributed by atoms with Crippen LogP contribution in [0.15, 0.2) is 15.9 Å². The van der Waals surface area contributed by atoms with E-state index >= 15 is 0 Å². The molecule has 4 heteroatoms. The van der Waals surface area contributed by atoms with Crippen LogP contribution in [-0.2, 0) is 0 Å². The summed E-state index contributed by atoms with van der Waals surface area (Å²) in [7, 11) is 0. The second-order valence-corrected chi connectivity index (χ2v) is 5.03. The van der Waals surface area contributed by atoms with Gasteiger partial charge in [0.2, 0.25) is 0 Å². The summed E-state index contributed by atoms with van der Waals surface area (Å²) < 4.78 is 1.12. The molecule has 0 saturated carbocycles. The maximum atomic E-state index is 8.91. The molecule has 0 aromatic carbocycles. The van der Waals surface area contributed by atoms with Crippen LogP contribution in [0, 0.1) is 17.2 Å². The van der Waals surface area contributed by atoms with Crippen molar-refractivity contribution in [3.8, 4) is 6.07 Å². The van der Waals surface area contributed by atoms with Gasteiger partial charge in [-0.05, 0) is 22.0 Å². The molecule has 68 valence electrons. The molecule has 0 amide bonds. The fourth-order valence-corrected chi connectivity index (χ4v) is 3.25. The molecule has 0 bridgehead atoms. The van der Waals surface area contributed by atoms with Gasteiger partial charge in [0.15, 0.2) is 0 Å². The molecule has 2 atom stereocenters. The molecule has 0 spiro atoms. The lowest BCUT2D eigenvalue weighted by Crippen LogP contribution is -2.07. The zero-order valence-electron chi connectivity index (χ0n) is 6.96. The average Bonchev–Trinajstić information content (AvgIpc) is 2.71. The van der Waals surface area contributed by atoms with Crippen molar-refractivity contribution in [2.45, 2.75) is 5.92 Å². The first-order chi connectivity index (χ1) is 6.31. The van der Waals surface area contributed by atoms with E-state index in [4.69, 9.17) is 5.26 Å². The lowest BCUT2D eigenvalue weighted by Gasteiger charge is -2.08. The van der Waals surface area contributed by atoms with Crippen LogP contribution in [0.25, 0.3) is 0 Å². The number of nitriles is 1. The molecule has 1 fully saturated rings. The van der Waals surface area contributed by atoms with Crippen LogP contribution in [0.4, 0.5) is 0 Å². The zero-order valence-corrected chi connectivity index (χ0v) is 9.36. The Morgan fingerprint density at radius 1 is 1.62 bits per heavy atom. The maximum absolute atomic E-state index is 8.91. The first kappa shape index (κ1) is 9.20. The van der Waals surface area contributed by atoms with Crippen molar-refractivity contribution in [2.24, 2.45) is 5.92 Å². The maximum Gasteiger partial charge on any atom is 0.0676 e. The Balaban J connectivity index is 2.21. The SMILES string of the molecule is N#C[C@@H]1CNC[C@@H]1c1cc(Br)cs1. The quantitative estimate of drug-likeness (QED) is 0.838. The largest absolute Gasteiger partial charge is 0.315 e.